The van der Waals surface area contributed by atoms with Crippen molar-refractivity contribution in [3.8, 4) is 0 Å². The minimum Gasteiger partial charge on any atom is -0.379 e. The fourth-order valence-electron chi connectivity index (χ4n) is 5.97. The minimum absolute atomic E-state index is 0.0486. The third-order valence-electron chi connectivity index (χ3n) is 8.41. The monoisotopic (exact) mass is 574 g/mol. The van der Waals surface area contributed by atoms with E-state index in [2.05, 4.69) is 10.6 Å². The number of rotatable bonds is 17. The van der Waals surface area contributed by atoms with Crippen molar-refractivity contribution in [3.63, 3.8) is 0 Å². The third kappa shape index (κ3) is 9.53. The number of hydrogen-bond donors (Lipinski definition) is 2. The van der Waals surface area contributed by atoms with Gasteiger partial charge in [-0.15, -0.1) is 0 Å². The molecule has 6 unspecified atom stereocenters. The van der Waals surface area contributed by atoms with Gasteiger partial charge in [-0.25, -0.2) is 0 Å². The van der Waals surface area contributed by atoms with E-state index < -0.39 is 18.1 Å². The summed E-state index contributed by atoms with van der Waals surface area (Å²) in [6.45, 7) is 8.35. The molecule has 1 fully saturated rings. The van der Waals surface area contributed by atoms with Gasteiger partial charge >= 0.3 is 0 Å². The highest BCUT2D eigenvalue weighted by Gasteiger charge is 2.42. The first-order valence-electron chi connectivity index (χ1n) is 14.7. The molecule has 0 radical (unpaired) electrons. The molecule has 1 aromatic rings. The maximum absolute atomic E-state index is 13.7. The average molecular weight is 575 g/mol. The number of ether oxygens (including phenoxy) is 2. The number of likely N-dealkylation sites (tertiary alicyclic amines) is 1. The Balaban J connectivity index is 2.12. The zero-order valence-electron chi connectivity index (χ0n) is 25.8. The van der Waals surface area contributed by atoms with Crippen LogP contribution in [0.25, 0.3) is 0 Å². The summed E-state index contributed by atoms with van der Waals surface area (Å²) in [7, 11) is 4.83. The summed E-state index contributed by atoms with van der Waals surface area (Å²) in [6.07, 6.45) is 2.65. The lowest BCUT2D eigenvalue weighted by Crippen LogP contribution is -2.54. The van der Waals surface area contributed by atoms with Gasteiger partial charge in [0.25, 0.3) is 0 Å². The SMILES string of the molecule is CCC(C)C(C(CC(=O)N1CCCC1C(OC)C(C)C(=O)N[C@H](C)Cc1ccccc1)OC)N(C)C(=O)CNC=O. The standard InChI is InChI=1S/C31H50N4O6/c1-8-21(2)29(34(5)28(38)19-32-20-36)26(40-6)18-27(37)35-16-12-15-25(35)30(41-7)23(4)31(39)33-22(3)17-24-13-10-9-11-14-24/h9-11,13-14,20-23,25-26,29-30H,8,12,15-19H2,1-7H3,(H,32,36)(H,33,39)/t21?,22-,23?,25?,26?,29?,30?/m1/s1. The van der Waals surface area contributed by atoms with Crippen molar-refractivity contribution in [2.45, 2.75) is 90.1 Å². The van der Waals surface area contributed by atoms with E-state index in [0.717, 1.165) is 31.2 Å². The molecule has 1 heterocycles. The number of carbonyl (C=O) groups excluding carboxylic acids is 4. The van der Waals surface area contributed by atoms with Crippen molar-refractivity contribution in [3.05, 3.63) is 35.9 Å². The van der Waals surface area contributed by atoms with E-state index in [-0.39, 0.29) is 54.7 Å². The Labute approximate surface area is 245 Å². The molecule has 230 valence electrons. The highest BCUT2D eigenvalue weighted by Crippen LogP contribution is 2.29. The summed E-state index contributed by atoms with van der Waals surface area (Å²) in [5.74, 6) is -0.851. The second-order valence-corrected chi connectivity index (χ2v) is 11.2. The van der Waals surface area contributed by atoms with Crippen LogP contribution in [0, 0.1) is 11.8 Å². The largest absolute Gasteiger partial charge is 0.379 e. The summed E-state index contributed by atoms with van der Waals surface area (Å²) in [5, 5.41) is 5.53. The predicted octanol–water partition coefficient (Wildman–Crippen LogP) is 2.40. The molecular weight excluding hydrogens is 524 g/mol. The molecule has 0 aliphatic carbocycles. The number of methoxy groups -OCH3 is 2. The number of nitrogens with one attached hydrogen (secondary N) is 2. The smallest absolute Gasteiger partial charge is 0.242 e. The van der Waals surface area contributed by atoms with Crippen molar-refractivity contribution in [2.75, 3.05) is 34.4 Å². The van der Waals surface area contributed by atoms with Crippen molar-refractivity contribution in [1.29, 1.82) is 0 Å². The van der Waals surface area contributed by atoms with Crippen molar-refractivity contribution < 1.29 is 28.7 Å². The number of carbonyl (C=O) groups is 4. The zero-order valence-corrected chi connectivity index (χ0v) is 25.8. The van der Waals surface area contributed by atoms with Crippen molar-refractivity contribution in [2.24, 2.45) is 11.8 Å². The number of hydrogen-bond acceptors (Lipinski definition) is 6. The van der Waals surface area contributed by atoms with E-state index in [1.165, 1.54) is 0 Å². The maximum Gasteiger partial charge on any atom is 0.242 e. The van der Waals surface area contributed by atoms with Crippen LogP contribution >= 0.6 is 0 Å². The quantitative estimate of drug-likeness (QED) is 0.276. The molecule has 0 aromatic heterocycles. The molecule has 7 atom stereocenters. The van der Waals surface area contributed by atoms with Gasteiger partial charge in [-0.3, -0.25) is 19.2 Å². The van der Waals surface area contributed by atoms with Gasteiger partial charge in [0.2, 0.25) is 24.1 Å². The first-order valence-corrected chi connectivity index (χ1v) is 14.7. The van der Waals surface area contributed by atoms with E-state index in [1.54, 1.807) is 26.2 Å². The van der Waals surface area contributed by atoms with Crippen molar-refractivity contribution >= 4 is 24.1 Å². The highest BCUT2D eigenvalue weighted by molar-refractivity contribution is 5.81. The highest BCUT2D eigenvalue weighted by atomic mass is 16.5. The maximum atomic E-state index is 13.7. The lowest BCUT2D eigenvalue weighted by Gasteiger charge is -2.39. The van der Waals surface area contributed by atoms with Crippen LogP contribution in [0.2, 0.25) is 0 Å². The van der Waals surface area contributed by atoms with Gasteiger partial charge in [-0.2, -0.15) is 0 Å². The molecule has 2 rings (SSSR count). The van der Waals surface area contributed by atoms with Crippen LogP contribution in [0.5, 0.6) is 0 Å². The van der Waals surface area contributed by atoms with Crippen LogP contribution in [0.1, 0.15) is 58.9 Å². The minimum atomic E-state index is -0.538. The number of amides is 4. The topological polar surface area (TPSA) is 117 Å². The van der Waals surface area contributed by atoms with Gasteiger partial charge in [0.15, 0.2) is 0 Å². The van der Waals surface area contributed by atoms with E-state index in [0.29, 0.717) is 13.0 Å². The Bertz CT molecular complexity index is 977. The Hall–Kier alpha value is -2.98. The fourth-order valence-corrected chi connectivity index (χ4v) is 5.97. The first-order chi connectivity index (χ1) is 19.6. The molecule has 1 aliphatic rings. The van der Waals surface area contributed by atoms with E-state index in [4.69, 9.17) is 9.47 Å². The molecular formula is C31H50N4O6. The molecule has 10 heteroatoms. The lowest BCUT2D eigenvalue weighted by molar-refractivity contribution is -0.145. The second kappa shape index (κ2) is 17.1. The number of nitrogens with zero attached hydrogens (tertiary/aromatic N) is 2. The second-order valence-electron chi connectivity index (χ2n) is 11.2. The lowest BCUT2D eigenvalue weighted by atomic mass is 9.90. The average Bonchev–Trinajstić information content (AvgIpc) is 3.45. The summed E-state index contributed by atoms with van der Waals surface area (Å²) < 4.78 is 11.7. The zero-order chi connectivity index (χ0) is 30.5. The van der Waals surface area contributed by atoms with Crippen LogP contribution in [-0.2, 0) is 35.1 Å². The van der Waals surface area contributed by atoms with Gasteiger partial charge in [0.1, 0.15) is 0 Å². The molecule has 4 amide bonds. The normalized spacial score (nSPS) is 19.4. The fraction of sp³-hybridized carbons (Fsp3) is 0.677. The molecule has 0 spiro atoms. The Morgan fingerprint density at radius 2 is 1.80 bits per heavy atom. The Morgan fingerprint density at radius 1 is 1.12 bits per heavy atom. The van der Waals surface area contributed by atoms with Gasteiger partial charge < -0.3 is 29.9 Å². The molecule has 1 aliphatic heterocycles. The molecule has 0 saturated carbocycles. The third-order valence-corrected chi connectivity index (χ3v) is 8.41. The number of likely N-dealkylation sites (N-methyl/N-ethyl adjacent to an activating group) is 1. The van der Waals surface area contributed by atoms with Crippen LogP contribution in [0.4, 0.5) is 0 Å². The molecule has 0 bridgehead atoms. The van der Waals surface area contributed by atoms with Gasteiger partial charge in [0.05, 0.1) is 43.2 Å². The van der Waals surface area contributed by atoms with Gasteiger partial charge in [-0.05, 0) is 37.7 Å². The van der Waals surface area contributed by atoms with Crippen LogP contribution < -0.4 is 10.6 Å². The van der Waals surface area contributed by atoms with Crippen LogP contribution in [0.15, 0.2) is 30.3 Å². The number of benzene rings is 1. The summed E-state index contributed by atoms with van der Waals surface area (Å²) in [5.41, 5.74) is 1.15. The molecule has 1 aromatic carbocycles. The van der Waals surface area contributed by atoms with Gasteiger partial charge in [0, 0.05) is 33.9 Å². The molecule has 1 saturated heterocycles. The molecule has 41 heavy (non-hydrogen) atoms. The van der Waals surface area contributed by atoms with Gasteiger partial charge in [-0.1, -0.05) is 57.5 Å². The predicted molar refractivity (Wildman–Crippen MR) is 158 cm³/mol. The summed E-state index contributed by atoms with van der Waals surface area (Å²) in [4.78, 5) is 53.8. The summed E-state index contributed by atoms with van der Waals surface area (Å²) in [6, 6.07) is 9.38. The van der Waals surface area contributed by atoms with Crippen LogP contribution in [-0.4, -0.2) is 98.6 Å². The summed E-state index contributed by atoms with van der Waals surface area (Å²) >= 11 is 0. The first kappa shape index (κ1) is 34.2. The van der Waals surface area contributed by atoms with Crippen LogP contribution in [0.3, 0.4) is 0 Å². The Morgan fingerprint density at radius 3 is 2.39 bits per heavy atom. The van der Waals surface area contributed by atoms with E-state index in [9.17, 15) is 19.2 Å². The van der Waals surface area contributed by atoms with E-state index >= 15 is 0 Å². The van der Waals surface area contributed by atoms with Crippen molar-refractivity contribution in [1.82, 2.24) is 20.4 Å². The molecule has 2 N–H and O–H groups in total. The molecule has 10 nitrogen and oxygen atoms in total. The van der Waals surface area contributed by atoms with E-state index in [1.807, 2.05) is 62.9 Å². The Kier molecular flexibility index (Phi) is 14.3.